The third kappa shape index (κ3) is 3.95. The molecule has 4 nitrogen and oxygen atoms in total. The second kappa shape index (κ2) is 7.62. The van der Waals surface area contributed by atoms with E-state index in [0.717, 1.165) is 32.5 Å². The van der Waals surface area contributed by atoms with Gasteiger partial charge in [0.05, 0.1) is 19.3 Å². The molecule has 1 fully saturated rings. The smallest absolute Gasteiger partial charge is 0.0701 e. The Morgan fingerprint density at radius 2 is 2.10 bits per heavy atom. The molecule has 0 unspecified atom stereocenters. The summed E-state index contributed by atoms with van der Waals surface area (Å²) < 4.78 is 5.62. The van der Waals surface area contributed by atoms with Gasteiger partial charge in [0.15, 0.2) is 0 Å². The van der Waals surface area contributed by atoms with Gasteiger partial charge >= 0.3 is 0 Å². The fourth-order valence-electron chi connectivity index (χ4n) is 2.84. The minimum atomic E-state index is 0.116. The number of aryl methyl sites for hydroxylation is 1. The highest BCUT2D eigenvalue weighted by molar-refractivity contribution is 5.55. The van der Waals surface area contributed by atoms with Crippen molar-refractivity contribution in [3.05, 3.63) is 29.3 Å². The van der Waals surface area contributed by atoms with Crippen molar-refractivity contribution in [2.24, 2.45) is 0 Å². The minimum Gasteiger partial charge on any atom is -0.394 e. The van der Waals surface area contributed by atoms with Crippen molar-refractivity contribution in [3.8, 4) is 0 Å². The predicted molar refractivity (Wildman–Crippen MR) is 82.2 cm³/mol. The first-order valence-electron chi connectivity index (χ1n) is 7.46. The molecular formula is C16H26N2O2. The Labute approximate surface area is 121 Å². The first-order valence-corrected chi connectivity index (χ1v) is 7.46. The molecule has 1 heterocycles. The van der Waals surface area contributed by atoms with E-state index >= 15 is 0 Å². The molecule has 1 aliphatic heterocycles. The van der Waals surface area contributed by atoms with Crippen LogP contribution >= 0.6 is 0 Å². The Balaban J connectivity index is 1.99. The molecule has 2 N–H and O–H groups in total. The van der Waals surface area contributed by atoms with Gasteiger partial charge in [-0.3, -0.25) is 0 Å². The zero-order chi connectivity index (χ0) is 14.4. The van der Waals surface area contributed by atoms with Crippen molar-refractivity contribution in [3.63, 3.8) is 0 Å². The van der Waals surface area contributed by atoms with E-state index in [9.17, 15) is 0 Å². The lowest BCUT2D eigenvalue weighted by Crippen LogP contribution is -2.38. The fourth-order valence-corrected chi connectivity index (χ4v) is 2.84. The molecule has 0 spiro atoms. The zero-order valence-corrected chi connectivity index (χ0v) is 12.6. The third-order valence-corrected chi connectivity index (χ3v) is 3.83. The van der Waals surface area contributed by atoms with E-state index in [2.05, 4.69) is 35.3 Å². The van der Waals surface area contributed by atoms with Crippen LogP contribution in [0.3, 0.4) is 0 Å². The second-order valence-corrected chi connectivity index (χ2v) is 5.44. The van der Waals surface area contributed by atoms with Crippen LogP contribution in [0.25, 0.3) is 0 Å². The highest BCUT2D eigenvalue weighted by atomic mass is 16.5. The van der Waals surface area contributed by atoms with Crippen LogP contribution < -0.4 is 10.2 Å². The number of aliphatic hydroxyl groups excluding tert-OH is 1. The van der Waals surface area contributed by atoms with Crippen LogP contribution in [0.15, 0.2) is 18.2 Å². The molecule has 0 aromatic heterocycles. The minimum absolute atomic E-state index is 0.116. The summed E-state index contributed by atoms with van der Waals surface area (Å²) in [4.78, 5) is 2.45. The van der Waals surface area contributed by atoms with Crippen molar-refractivity contribution in [2.45, 2.75) is 32.4 Å². The number of rotatable bonds is 6. The van der Waals surface area contributed by atoms with Gasteiger partial charge < -0.3 is 20.1 Å². The maximum Gasteiger partial charge on any atom is 0.0701 e. The van der Waals surface area contributed by atoms with Crippen molar-refractivity contribution in [1.29, 1.82) is 0 Å². The molecule has 1 aliphatic rings. The molecule has 0 saturated carbocycles. The summed E-state index contributed by atoms with van der Waals surface area (Å²) in [6.07, 6.45) is 2.37. The summed E-state index contributed by atoms with van der Waals surface area (Å²) in [5.74, 6) is 0. The van der Waals surface area contributed by atoms with E-state index in [0.29, 0.717) is 12.7 Å². The molecule has 20 heavy (non-hydrogen) atoms. The van der Waals surface area contributed by atoms with E-state index in [1.54, 1.807) is 0 Å². The van der Waals surface area contributed by atoms with Gasteiger partial charge in [0, 0.05) is 25.3 Å². The maximum absolute atomic E-state index is 8.81. The Bertz CT molecular complexity index is 415. The van der Waals surface area contributed by atoms with Gasteiger partial charge in [-0.2, -0.15) is 0 Å². The molecule has 0 amide bonds. The molecule has 112 valence electrons. The van der Waals surface area contributed by atoms with E-state index in [1.807, 2.05) is 7.05 Å². The molecule has 1 aromatic rings. The number of benzene rings is 1. The first-order chi connectivity index (χ1) is 9.74. The number of aliphatic hydroxyl groups is 1. The number of anilines is 1. The van der Waals surface area contributed by atoms with Crippen LogP contribution in [-0.2, 0) is 11.3 Å². The number of piperidine rings is 1. The van der Waals surface area contributed by atoms with Crippen molar-refractivity contribution in [1.82, 2.24) is 5.32 Å². The molecular weight excluding hydrogens is 252 g/mol. The van der Waals surface area contributed by atoms with Gasteiger partial charge in [0.2, 0.25) is 0 Å². The monoisotopic (exact) mass is 278 g/mol. The van der Waals surface area contributed by atoms with E-state index < -0.39 is 0 Å². The van der Waals surface area contributed by atoms with Crippen LogP contribution in [0, 0.1) is 6.92 Å². The molecule has 2 rings (SSSR count). The average molecular weight is 278 g/mol. The van der Waals surface area contributed by atoms with Gasteiger partial charge in [-0.05, 0) is 38.4 Å². The summed E-state index contributed by atoms with van der Waals surface area (Å²) in [5, 5.41) is 12.1. The van der Waals surface area contributed by atoms with E-state index in [1.165, 1.54) is 16.8 Å². The highest BCUT2D eigenvalue weighted by Crippen LogP contribution is 2.26. The summed E-state index contributed by atoms with van der Waals surface area (Å²) in [5.41, 5.74) is 4.01. The van der Waals surface area contributed by atoms with Crippen molar-refractivity contribution < 1.29 is 9.84 Å². The normalized spacial score (nSPS) is 16.6. The number of hydrogen-bond acceptors (Lipinski definition) is 4. The van der Waals surface area contributed by atoms with Gasteiger partial charge in [0.1, 0.15) is 0 Å². The lowest BCUT2D eigenvalue weighted by Gasteiger charge is -2.34. The molecule has 1 saturated heterocycles. The average Bonchev–Trinajstić information content (AvgIpc) is 2.46. The first kappa shape index (κ1) is 15.3. The number of nitrogens with one attached hydrogen (secondary N) is 1. The summed E-state index contributed by atoms with van der Waals surface area (Å²) in [7, 11) is 1.99. The third-order valence-electron chi connectivity index (χ3n) is 3.83. The topological polar surface area (TPSA) is 44.7 Å². The Kier molecular flexibility index (Phi) is 5.83. The van der Waals surface area contributed by atoms with Crippen LogP contribution in [0.5, 0.6) is 0 Å². The van der Waals surface area contributed by atoms with Crippen LogP contribution in [0.4, 0.5) is 5.69 Å². The van der Waals surface area contributed by atoms with Crippen molar-refractivity contribution in [2.75, 3.05) is 38.3 Å². The number of nitrogens with zero attached hydrogens (tertiary/aromatic N) is 1. The molecule has 0 radical (unpaired) electrons. The van der Waals surface area contributed by atoms with Gasteiger partial charge in [0.25, 0.3) is 0 Å². The maximum atomic E-state index is 8.81. The van der Waals surface area contributed by atoms with Gasteiger partial charge in [-0.1, -0.05) is 17.7 Å². The Hall–Kier alpha value is -1.10. The van der Waals surface area contributed by atoms with Gasteiger partial charge in [-0.15, -0.1) is 0 Å². The molecule has 4 heteroatoms. The summed E-state index contributed by atoms with van der Waals surface area (Å²) in [6, 6.07) is 6.68. The Morgan fingerprint density at radius 3 is 2.75 bits per heavy atom. The molecule has 0 bridgehead atoms. The number of ether oxygens (including phenoxy) is 1. The molecule has 0 atom stereocenters. The second-order valence-electron chi connectivity index (χ2n) is 5.44. The standard InChI is InChI=1S/C16H26N2O2/c1-13-3-4-16(14(11-13)12-17-2)18-7-5-15(6-8-18)20-10-9-19/h3-4,11,15,17,19H,5-10,12H2,1-2H3. The van der Waals surface area contributed by atoms with Crippen LogP contribution in [-0.4, -0.2) is 44.6 Å². The van der Waals surface area contributed by atoms with E-state index in [4.69, 9.17) is 9.84 Å². The lowest BCUT2D eigenvalue weighted by atomic mass is 10.0. The quantitative estimate of drug-likeness (QED) is 0.831. The van der Waals surface area contributed by atoms with Crippen molar-refractivity contribution >= 4 is 5.69 Å². The zero-order valence-electron chi connectivity index (χ0n) is 12.6. The highest BCUT2D eigenvalue weighted by Gasteiger charge is 2.21. The van der Waals surface area contributed by atoms with E-state index in [-0.39, 0.29) is 6.61 Å². The van der Waals surface area contributed by atoms with Crippen LogP contribution in [0.1, 0.15) is 24.0 Å². The predicted octanol–water partition coefficient (Wildman–Crippen LogP) is 1.69. The van der Waals surface area contributed by atoms with Crippen LogP contribution in [0.2, 0.25) is 0 Å². The fraction of sp³-hybridized carbons (Fsp3) is 0.625. The van der Waals surface area contributed by atoms with Gasteiger partial charge in [-0.25, -0.2) is 0 Å². The number of hydrogen-bond donors (Lipinski definition) is 2. The largest absolute Gasteiger partial charge is 0.394 e. The lowest BCUT2D eigenvalue weighted by molar-refractivity contribution is 0.0159. The molecule has 0 aliphatic carbocycles. The summed E-state index contributed by atoms with van der Waals surface area (Å²) >= 11 is 0. The molecule has 1 aromatic carbocycles. The SMILES string of the molecule is CNCc1cc(C)ccc1N1CCC(OCCO)CC1. The Morgan fingerprint density at radius 1 is 1.35 bits per heavy atom. The summed E-state index contributed by atoms with van der Waals surface area (Å²) in [6.45, 7) is 5.66.